The van der Waals surface area contributed by atoms with Crippen LogP contribution in [0, 0.1) is 0 Å². The molecule has 1 fully saturated rings. The number of nitrogens with zero attached hydrogens (tertiary/aromatic N) is 2. The van der Waals surface area contributed by atoms with Crippen LogP contribution in [-0.4, -0.2) is 28.0 Å². The predicted octanol–water partition coefficient (Wildman–Crippen LogP) is 2.92. The molecule has 114 valence electrons. The Morgan fingerprint density at radius 3 is 2.82 bits per heavy atom. The molecule has 4 rings (SSSR count). The minimum Gasteiger partial charge on any atom is -0.350 e. The van der Waals surface area contributed by atoms with Crippen molar-refractivity contribution in [2.75, 3.05) is 6.61 Å². The van der Waals surface area contributed by atoms with Crippen LogP contribution in [0.5, 0.6) is 0 Å². The van der Waals surface area contributed by atoms with Crippen LogP contribution < -0.4 is 0 Å². The first-order valence-electron chi connectivity index (χ1n) is 7.90. The first-order valence-corrected chi connectivity index (χ1v) is 7.90. The summed E-state index contributed by atoms with van der Waals surface area (Å²) in [7, 11) is 0. The highest BCUT2D eigenvalue weighted by Gasteiger charge is 2.45. The van der Waals surface area contributed by atoms with Gasteiger partial charge >= 0.3 is 0 Å². The monoisotopic (exact) mass is 296 g/mol. The second kappa shape index (κ2) is 5.29. The number of benzene rings is 1. The zero-order chi connectivity index (χ0) is 15.1. The second-order valence-corrected chi connectivity index (χ2v) is 6.16. The molecule has 1 aromatic carbocycles. The van der Waals surface area contributed by atoms with Gasteiger partial charge in [-0.15, -0.1) is 0 Å². The standard InChI is InChI=1S/C18H20N2O2/c1-13-12-22-18-16-8-5-11-19(16)15(17(21)20(13)18)10-9-14-6-3-2-4-7-14/h2-8,11,13,15,18H,9-10,12H2,1H3/t13-,15-,18?/m0/s1. The molecule has 2 aliphatic rings. The van der Waals surface area contributed by atoms with Crippen LogP contribution in [0.3, 0.4) is 0 Å². The molecule has 4 heteroatoms. The third-order valence-corrected chi connectivity index (χ3v) is 4.71. The van der Waals surface area contributed by atoms with Crippen LogP contribution in [0.1, 0.15) is 36.9 Å². The molecule has 2 aromatic rings. The fourth-order valence-electron chi connectivity index (χ4n) is 3.58. The molecule has 1 aromatic heterocycles. The van der Waals surface area contributed by atoms with E-state index in [2.05, 4.69) is 29.7 Å². The smallest absolute Gasteiger partial charge is 0.248 e. The van der Waals surface area contributed by atoms with E-state index in [4.69, 9.17) is 4.74 Å². The fraction of sp³-hybridized carbons (Fsp3) is 0.389. The Bertz CT molecular complexity index is 679. The summed E-state index contributed by atoms with van der Waals surface area (Å²) in [6.07, 6.45) is 3.53. The number of aryl methyl sites for hydroxylation is 1. The zero-order valence-corrected chi connectivity index (χ0v) is 12.7. The van der Waals surface area contributed by atoms with Crippen LogP contribution in [0.2, 0.25) is 0 Å². The maximum Gasteiger partial charge on any atom is 0.248 e. The van der Waals surface area contributed by atoms with Crippen LogP contribution in [0.25, 0.3) is 0 Å². The van der Waals surface area contributed by atoms with Gasteiger partial charge in [-0.3, -0.25) is 4.79 Å². The molecular weight excluding hydrogens is 276 g/mol. The van der Waals surface area contributed by atoms with Gasteiger partial charge in [0.1, 0.15) is 6.04 Å². The Morgan fingerprint density at radius 1 is 1.18 bits per heavy atom. The van der Waals surface area contributed by atoms with Crippen molar-refractivity contribution < 1.29 is 9.53 Å². The lowest BCUT2D eigenvalue weighted by atomic mass is 10.0. The van der Waals surface area contributed by atoms with Crippen molar-refractivity contribution in [1.29, 1.82) is 0 Å². The molecule has 0 bridgehead atoms. The van der Waals surface area contributed by atoms with Crippen LogP contribution in [0.15, 0.2) is 48.7 Å². The Morgan fingerprint density at radius 2 is 2.00 bits per heavy atom. The number of carbonyl (C=O) groups excluding carboxylic acids is 1. The third-order valence-electron chi connectivity index (χ3n) is 4.71. The number of aromatic nitrogens is 1. The molecule has 4 nitrogen and oxygen atoms in total. The topological polar surface area (TPSA) is 34.5 Å². The van der Waals surface area contributed by atoms with E-state index in [0.717, 1.165) is 18.5 Å². The quantitative estimate of drug-likeness (QED) is 0.873. The van der Waals surface area contributed by atoms with Crippen molar-refractivity contribution in [3.8, 4) is 0 Å². The lowest BCUT2D eigenvalue weighted by Gasteiger charge is -2.37. The highest BCUT2D eigenvalue weighted by molar-refractivity contribution is 5.82. The van der Waals surface area contributed by atoms with Gasteiger partial charge in [0, 0.05) is 6.20 Å². The number of hydrogen-bond acceptors (Lipinski definition) is 2. The van der Waals surface area contributed by atoms with E-state index in [-0.39, 0.29) is 24.2 Å². The van der Waals surface area contributed by atoms with E-state index in [1.807, 2.05) is 35.4 Å². The van der Waals surface area contributed by atoms with Crippen molar-refractivity contribution in [2.45, 2.75) is 38.1 Å². The average Bonchev–Trinajstić information content (AvgIpc) is 3.15. The number of ether oxygens (including phenoxy) is 1. The van der Waals surface area contributed by atoms with E-state index in [1.165, 1.54) is 5.56 Å². The Hall–Kier alpha value is -2.07. The second-order valence-electron chi connectivity index (χ2n) is 6.16. The number of hydrogen-bond donors (Lipinski definition) is 0. The van der Waals surface area contributed by atoms with Gasteiger partial charge in [0.25, 0.3) is 0 Å². The molecule has 3 heterocycles. The minimum absolute atomic E-state index is 0.120. The molecule has 3 atom stereocenters. The molecule has 0 radical (unpaired) electrons. The summed E-state index contributed by atoms with van der Waals surface area (Å²) in [6, 6.07) is 14.5. The van der Waals surface area contributed by atoms with E-state index < -0.39 is 0 Å². The zero-order valence-electron chi connectivity index (χ0n) is 12.7. The first kappa shape index (κ1) is 13.6. The lowest BCUT2D eigenvalue weighted by Crippen LogP contribution is -2.46. The SMILES string of the molecule is C[C@H]1COC2c3cccn3[C@@H](CCc3ccccc3)C(=O)N21. The van der Waals surface area contributed by atoms with Gasteiger partial charge in [-0.2, -0.15) is 0 Å². The van der Waals surface area contributed by atoms with E-state index in [9.17, 15) is 4.79 Å². The summed E-state index contributed by atoms with van der Waals surface area (Å²) in [6.45, 7) is 2.68. The minimum atomic E-state index is -0.203. The van der Waals surface area contributed by atoms with Crippen molar-refractivity contribution in [2.24, 2.45) is 0 Å². The summed E-state index contributed by atoms with van der Waals surface area (Å²) in [5, 5.41) is 0. The summed E-state index contributed by atoms with van der Waals surface area (Å²) >= 11 is 0. The van der Waals surface area contributed by atoms with E-state index in [1.54, 1.807) is 0 Å². The Labute approximate surface area is 130 Å². The van der Waals surface area contributed by atoms with Crippen molar-refractivity contribution in [1.82, 2.24) is 9.47 Å². The maximum atomic E-state index is 12.9. The predicted molar refractivity (Wildman–Crippen MR) is 83.2 cm³/mol. The van der Waals surface area contributed by atoms with Crippen molar-refractivity contribution >= 4 is 5.91 Å². The molecule has 2 aliphatic heterocycles. The van der Waals surface area contributed by atoms with Gasteiger partial charge < -0.3 is 14.2 Å². The largest absolute Gasteiger partial charge is 0.350 e. The van der Waals surface area contributed by atoms with E-state index >= 15 is 0 Å². The fourth-order valence-corrected chi connectivity index (χ4v) is 3.58. The number of carbonyl (C=O) groups is 1. The number of amides is 1. The molecular formula is C18H20N2O2. The van der Waals surface area contributed by atoms with Gasteiger partial charge in [-0.05, 0) is 37.5 Å². The third kappa shape index (κ3) is 2.06. The molecule has 0 N–H and O–H groups in total. The lowest BCUT2D eigenvalue weighted by molar-refractivity contribution is -0.145. The highest BCUT2D eigenvalue weighted by atomic mass is 16.5. The first-order chi connectivity index (χ1) is 10.8. The molecule has 0 aliphatic carbocycles. The van der Waals surface area contributed by atoms with Gasteiger partial charge in [-0.25, -0.2) is 0 Å². The maximum absolute atomic E-state index is 12.9. The molecule has 1 amide bonds. The normalized spacial score (nSPS) is 26.9. The molecule has 1 saturated heterocycles. The number of rotatable bonds is 3. The van der Waals surface area contributed by atoms with Gasteiger partial charge in [0.05, 0.1) is 18.3 Å². The van der Waals surface area contributed by atoms with Gasteiger partial charge in [0.15, 0.2) is 6.23 Å². The van der Waals surface area contributed by atoms with Gasteiger partial charge in [-0.1, -0.05) is 30.3 Å². The average molecular weight is 296 g/mol. The Kier molecular flexibility index (Phi) is 3.26. The van der Waals surface area contributed by atoms with E-state index in [0.29, 0.717) is 6.61 Å². The van der Waals surface area contributed by atoms with Crippen LogP contribution >= 0.6 is 0 Å². The summed E-state index contributed by atoms with van der Waals surface area (Å²) in [5.74, 6) is 0.189. The van der Waals surface area contributed by atoms with Gasteiger partial charge in [0.2, 0.25) is 5.91 Å². The van der Waals surface area contributed by atoms with Crippen molar-refractivity contribution in [3.05, 3.63) is 59.9 Å². The molecule has 1 unspecified atom stereocenters. The number of fused-ring (bicyclic) bond motifs is 3. The molecule has 0 spiro atoms. The van der Waals surface area contributed by atoms with Crippen LogP contribution in [0.4, 0.5) is 0 Å². The summed E-state index contributed by atoms with van der Waals surface area (Å²) in [4.78, 5) is 14.8. The summed E-state index contributed by atoms with van der Waals surface area (Å²) < 4.78 is 7.92. The highest BCUT2D eigenvalue weighted by Crippen LogP contribution is 2.39. The van der Waals surface area contributed by atoms with Crippen LogP contribution in [-0.2, 0) is 16.0 Å². The Balaban J connectivity index is 1.62. The molecule has 22 heavy (non-hydrogen) atoms. The molecule has 0 saturated carbocycles. The summed E-state index contributed by atoms with van der Waals surface area (Å²) in [5.41, 5.74) is 2.37. The van der Waals surface area contributed by atoms with Crippen molar-refractivity contribution in [3.63, 3.8) is 0 Å².